The third kappa shape index (κ3) is 4.84. The summed E-state index contributed by atoms with van der Waals surface area (Å²) >= 11 is 0. The van der Waals surface area contributed by atoms with Crippen LogP contribution in [0.15, 0.2) is 25.3 Å². The fraction of sp³-hybridized carbons (Fsp3) is 0.741. The van der Waals surface area contributed by atoms with E-state index in [0.717, 1.165) is 13.1 Å². The number of aliphatic hydroxyl groups excluding tert-OH is 1. The lowest BCUT2D eigenvalue weighted by Crippen LogP contribution is -2.57. The standard InChI is InChI=1S/C27H42N4O6/c1-5-10-28(4)23(33)20-21-24(34)31(12-7-17-32)22(27(21)9-8-26(20,3)37-27)25(35)30(11-6-2)14-13-29-15-18-36-19-16-29/h5-6,20-22,32H,1-2,7-19H2,3-4H3/t20-,21-,22?,26+,27?/m0/s1. The van der Waals surface area contributed by atoms with Gasteiger partial charge in [-0.3, -0.25) is 19.3 Å². The molecule has 0 saturated carbocycles. The molecule has 0 aromatic rings. The molecule has 4 rings (SSSR count). The Morgan fingerprint density at radius 2 is 1.84 bits per heavy atom. The summed E-state index contributed by atoms with van der Waals surface area (Å²) < 4.78 is 12.1. The zero-order valence-corrected chi connectivity index (χ0v) is 22.3. The zero-order chi connectivity index (χ0) is 26.8. The summed E-state index contributed by atoms with van der Waals surface area (Å²) in [6.45, 7) is 14.5. The zero-order valence-electron chi connectivity index (χ0n) is 22.3. The van der Waals surface area contributed by atoms with E-state index in [1.807, 2.05) is 6.92 Å². The van der Waals surface area contributed by atoms with Crippen molar-refractivity contribution in [3.05, 3.63) is 25.3 Å². The summed E-state index contributed by atoms with van der Waals surface area (Å²) in [5.74, 6) is -1.98. The van der Waals surface area contributed by atoms with Crippen molar-refractivity contribution in [1.82, 2.24) is 19.6 Å². The summed E-state index contributed by atoms with van der Waals surface area (Å²) in [5, 5.41) is 9.54. The molecular weight excluding hydrogens is 476 g/mol. The molecule has 4 saturated heterocycles. The lowest BCUT2D eigenvalue weighted by atomic mass is 9.66. The highest BCUT2D eigenvalue weighted by molar-refractivity contribution is 5.99. The van der Waals surface area contributed by atoms with E-state index in [9.17, 15) is 19.5 Å². The van der Waals surface area contributed by atoms with Gasteiger partial charge >= 0.3 is 0 Å². The molecule has 2 unspecified atom stereocenters. The Hall–Kier alpha value is -2.27. The van der Waals surface area contributed by atoms with E-state index in [4.69, 9.17) is 9.47 Å². The van der Waals surface area contributed by atoms with E-state index in [1.54, 1.807) is 33.9 Å². The molecule has 5 atom stereocenters. The first kappa shape index (κ1) is 27.8. The number of carbonyl (C=O) groups is 3. The highest BCUT2D eigenvalue weighted by Gasteiger charge is 2.78. The largest absolute Gasteiger partial charge is 0.396 e. The Morgan fingerprint density at radius 1 is 1.14 bits per heavy atom. The minimum absolute atomic E-state index is 0.0984. The Balaban J connectivity index is 1.65. The van der Waals surface area contributed by atoms with Crippen molar-refractivity contribution >= 4 is 17.7 Å². The van der Waals surface area contributed by atoms with Crippen LogP contribution in [-0.2, 0) is 23.9 Å². The van der Waals surface area contributed by atoms with Gasteiger partial charge in [0, 0.05) is 59.5 Å². The first-order valence-electron chi connectivity index (χ1n) is 13.4. The molecule has 4 aliphatic rings. The van der Waals surface area contributed by atoms with E-state index < -0.39 is 29.1 Å². The maximum atomic E-state index is 14.3. The third-order valence-electron chi connectivity index (χ3n) is 8.56. The lowest BCUT2D eigenvalue weighted by Gasteiger charge is -2.37. The number of likely N-dealkylation sites (N-methyl/N-ethyl adjacent to an activating group) is 1. The Bertz CT molecular complexity index is 907. The number of fused-ring (bicyclic) bond motifs is 1. The highest BCUT2D eigenvalue weighted by atomic mass is 16.5. The quantitative estimate of drug-likeness (QED) is 0.366. The van der Waals surface area contributed by atoms with E-state index in [2.05, 4.69) is 18.1 Å². The van der Waals surface area contributed by atoms with Crippen LogP contribution in [0.4, 0.5) is 0 Å². The molecule has 2 bridgehead atoms. The minimum Gasteiger partial charge on any atom is -0.396 e. The van der Waals surface area contributed by atoms with E-state index >= 15 is 0 Å². The molecule has 1 N–H and O–H groups in total. The third-order valence-corrected chi connectivity index (χ3v) is 8.56. The van der Waals surface area contributed by atoms with Crippen molar-refractivity contribution in [2.45, 2.75) is 43.4 Å². The summed E-state index contributed by atoms with van der Waals surface area (Å²) in [7, 11) is 1.70. The fourth-order valence-electron chi connectivity index (χ4n) is 6.79. The van der Waals surface area contributed by atoms with Gasteiger partial charge in [0.05, 0.1) is 30.7 Å². The average molecular weight is 519 g/mol. The number of likely N-dealkylation sites (tertiary alicyclic amines) is 1. The van der Waals surface area contributed by atoms with Crippen molar-refractivity contribution in [2.75, 3.05) is 72.7 Å². The molecule has 37 heavy (non-hydrogen) atoms. The van der Waals surface area contributed by atoms with Gasteiger partial charge < -0.3 is 29.3 Å². The van der Waals surface area contributed by atoms with Gasteiger partial charge in [0.25, 0.3) is 0 Å². The molecule has 10 nitrogen and oxygen atoms in total. The van der Waals surface area contributed by atoms with Gasteiger partial charge in [-0.1, -0.05) is 12.2 Å². The Morgan fingerprint density at radius 3 is 2.49 bits per heavy atom. The second-order valence-corrected chi connectivity index (χ2v) is 10.9. The van der Waals surface area contributed by atoms with Gasteiger partial charge in [0.15, 0.2) is 0 Å². The highest BCUT2D eigenvalue weighted by Crippen LogP contribution is 2.63. The number of amides is 3. The van der Waals surface area contributed by atoms with Gasteiger partial charge in [-0.05, 0) is 26.2 Å². The lowest BCUT2D eigenvalue weighted by molar-refractivity contribution is -0.153. The normalized spacial score (nSPS) is 32.9. The first-order chi connectivity index (χ1) is 17.7. The second kappa shape index (κ2) is 11.2. The second-order valence-electron chi connectivity index (χ2n) is 10.9. The molecule has 0 aliphatic carbocycles. The Kier molecular flexibility index (Phi) is 8.42. The maximum Gasteiger partial charge on any atom is 0.248 e. The molecule has 4 fully saturated rings. The van der Waals surface area contributed by atoms with Gasteiger partial charge in [-0.2, -0.15) is 0 Å². The van der Waals surface area contributed by atoms with Crippen LogP contribution in [0, 0.1) is 11.8 Å². The number of rotatable bonds is 12. The summed E-state index contributed by atoms with van der Waals surface area (Å²) in [6.07, 6.45) is 4.84. The number of hydrogen-bond donors (Lipinski definition) is 1. The maximum absolute atomic E-state index is 14.3. The number of hydrogen-bond acceptors (Lipinski definition) is 7. The molecular formula is C27H42N4O6. The number of nitrogens with zero attached hydrogens (tertiary/aromatic N) is 4. The fourth-order valence-corrected chi connectivity index (χ4v) is 6.79. The van der Waals surface area contributed by atoms with E-state index in [1.165, 1.54) is 0 Å². The van der Waals surface area contributed by atoms with Crippen LogP contribution in [0.3, 0.4) is 0 Å². The SMILES string of the molecule is C=CCN(C)C(=O)[C@@H]1[C@H]2C(=O)N(CCCO)C(C(=O)N(CC=C)CCN3CCOCC3)C23CC[C@@]1(C)O3. The van der Waals surface area contributed by atoms with Gasteiger partial charge in [0.2, 0.25) is 17.7 Å². The molecule has 3 amide bonds. The van der Waals surface area contributed by atoms with Crippen LogP contribution in [-0.4, -0.2) is 132 Å². The summed E-state index contributed by atoms with van der Waals surface area (Å²) in [4.78, 5) is 49.0. The molecule has 1 spiro atoms. The minimum atomic E-state index is -1.06. The number of carbonyl (C=O) groups excluding carboxylic acids is 3. The van der Waals surface area contributed by atoms with E-state index in [-0.39, 0.29) is 30.9 Å². The summed E-state index contributed by atoms with van der Waals surface area (Å²) in [6, 6.07) is -0.842. The van der Waals surface area contributed by atoms with Crippen LogP contribution >= 0.6 is 0 Å². The summed E-state index contributed by atoms with van der Waals surface area (Å²) in [5.41, 5.74) is -1.88. The van der Waals surface area contributed by atoms with Crippen LogP contribution in [0.25, 0.3) is 0 Å². The molecule has 206 valence electrons. The first-order valence-corrected chi connectivity index (χ1v) is 13.4. The van der Waals surface area contributed by atoms with Crippen molar-refractivity contribution < 1.29 is 29.0 Å². The van der Waals surface area contributed by atoms with Crippen LogP contribution < -0.4 is 0 Å². The predicted molar refractivity (Wildman–Crippen MR) is 138 cm³/mol. The van der Waals surface area contributed by atoms with Crippen molar-refractivity contribution in [3.8, 4) is 0 Å². The van der Waals surface area contributed by atoms with Crippen molar-refractivity contribution in [2.24, 2.45) is 11.8 Å². The topological polar surface area (TPSA) is 103 Å². The van der Waals surface area contributed by atoms with E-state index in [0.29, 0.717) is 58.7 Å². The molecule has 0 aromatic heterocycles. The van der Waals surface area contributed by atoms with Gasteiger partial charge in [-0.15, -0.1) is 13.2 Å². The molecule has 10 heteroatoms. The smallest absolute Gasteiger partial charge is 0.248 e. The van der Waals surface area contributed by atoms with Crippen LogP contribution in [0.2, 0.25) is 0 Å². The molecule has 0 radical (unpaired) electrons. The Labute approximate surface area is 219 Å². The molecule has 0 aromatic carbocycles. The van der Waals surface area contributed by atoms with Crippen LogP contribution in [0.5, 0.6) is 0 Å². The monoisotopic (exact) mass is 518 g/mol. The average Bonchev–Trinajstić information content (AvgIpc) is 3.45. The van der Waals surface area contributed by atoms with Gasteiger partial charge in [0.1, 0.15) is 11.6 Å². The predicted octanol–water partition coefficient (Wildman–Crippen LogP) is 0.125. The molecule has 4 aliphatic heterocycles. The number of aliphatic hydroxyl groups is 1. The molecule has 4 heterocycles. The van der Waals surface area contributed by atoms with Gasteiger partial charge in [-0.25, -0.2) is 0 Å². The van der Waals surface area contributed by atoms with Crippen molar-refractivity contribution in [3.63, 3.8) is 0 Å². The van der Waals surface area contributed by atoms with Crippen LogP contribution in [0.1, 0.15) is 26.2 Å². The number of morpholine rings is 1. The van der Waals surface area contributed by atoms with Crippen molar-refractivity contribution in [1.29, 1.82) is 0 Å². The number of ether oxygens (including phenoxy) is 2.